The minimum atomic E-state index is -4.61. The first-order valence-electron chi connectivity index (χ1n) is 17.5. The number of hydrogen-bond acceptors (Lipinski definition) is 10. The highest BCUT2D eigenvalue weighted by molar-refractivity contribution is 7.93. The van der Waals surface area contributed by atoms with Gasteiger partial charge in [-0.25, -0.2) is 18.4 Å². The van der Waals surface area contributed by atoms with E-state index in [0.29, 0.717) is 12.1 Å². The average Bonchev–Trinajstić information content (AvgIpc) is 3.61. The van der Waals surface area contributed by atoms with Crippen LogP contribution in [0.3, 0.4) is 0 Å². The molecule has 0 unspecified atom stereocenters. The van der Waals surface area contributed by atoms with Crippen LogP contribution in [-0.2, 0) is 30.6 Å². The second-order valence-corrected chi connectivity index (χ2v) is 16.4. The lowest BCUT2D eigenvalue weighted by atomic mass is 9.83. The first kappa shape index (κ1) is 41.4. The number of nitrogens with two attached hydrogens (primary N) is 2. The Labute approximate surface area is 301 Å². The van der Waals surface area contributed by atoms with E-state index < -0.39 is 75.3 Å². The molecule has 3 rings (SSSR count). The number of aromatic amines is 1. The average molecular weight is 726 g/mol. The number of ketones is 1. The number of nitrogens with one attached hydrogen (secondary N) is 2. The number of anilines is 1. The Kier molecular flexibility index (Phi) is 14.6. The monoisotopic (exact) mass is 725 g/mol. The first-order valence-corrected chi connectivity index (χ1v) is 19.0. The fourth-order valence-corrected chi connectivity index (χ4v) is 8.42. The van der Waals surface area contributed by atoms with Gasteiger partial charge in [0.2, 0.25) is 5.91 Å². The van der Waals surface area contributed by atoms with Gasteiger partial charge in [-0.1, -0.05) is 71.7 Å². The molecular formula is C37H55N7O6S. The molecule has 0 aliphatic rings. The van der Waals surface area contributed by atoms with E-state index in [1.165, 1.54) is 30.7 Å². The maximum Gasteiger partial charge on any atom is 0.250 e. The van der Waals surface area contributed by atoms with Crippen molar-refractivity contribution < 1.29 is 27.9 Å². The third-order valence-corrected chi connectivity index (χ3v) is 12.2. The number of sulfone groups is 1. The Balaban J connectivity index is 2.19. The molecule has 3 aromatic rings. The molecule has 6 atom stereocenters. The van der Waals surface area contributed by atoms with Crippen LogP contribution < -0.4 is 21.7 Å². The van der Waals surface area contributed by atoms with Gasteiger partial charge in [-0.05, 0) is 55.4 Å². The lowest BCUT2D eigenvalue weighted by Gasteiger charge is -2.41. The molecule has 0 saturated carbocycles. The molecular weight excluding hydrogens is 671 g/mol. The van der Waals surface area contributed by atoms with E-state index in [0.717, 1.165) is 10.5 Å². The maximum absolute atomic E-state index is 15.3. The van der Waals surface area contributed by atoms with Crippen molar-refractivity contribution in [2.24, 2.45) is 29.2 Å². The van der Waals surface area contributed by atoms with E-state index in [1.807, 2.05) is 34.6 Å². The number of imidazole rings is 1. The minimum Gasteiger partial charge on any atom is -0.391 e. The van der Waals surface area contributed by atoms with E-state index in [2.05, 4.69) is 20.3 Å². The molecule has 0 aliphatic carbocycles. The fraction of sp³-hybridized carbons (Fsp3) is 0.541. The van der Waals surface area contributed by atoms with Crippen LogP contribution in [0.25, 0.3) is 0 Å². The largest absolute Gasteiger partial charge is 0.391 e. The van der Waals surface area contributed by atoms with Gasteiger partial charge in [0.25, 0.3) is 5.91 Å². The van der Waals surface area contributed by atoms with E-state index in [4.69, 9.17) is 11.5 Å². The first-order chi connectivity index (χ1) is 24.0. The van der Waals surface area contributed by atoms with Crippen molar-refractivity contribution in [3.8, 4) is 0 Å². The lowest BCUT2D eigenvalue weighted by Crippen LogP contribution is -2.62. The summed E-state index contributed by atoms with van der Waals surface area (Å²) in [6.07, 6.45) is 3.34. The van der Waals surface area contributed by atoms with Crippen molar-refractivity contribution >= 4 is 33.3 Å². The molecule has 2 aromatic heterocycles. The van der Waals surface area contributed by atoms with Crippen LogP contribution in [0.5, 0.6) is 0 Å². The van der Waals surface area contributed by atoms with E-state index in [9.17, 15) is 14.7 Å². The molecule has 0 saturated heterocycles. The molecule has 0 spiro atoms. The fourth-order valence-electron chi connectivity index (χ4n) is 6.15. The molecule has 1 aromatic carbocycles. The number of benzene rings is 1. The van der Waals surface area contributed by atoms with Gasteiger partial charge in [-0.3, -0.25) is 19.3 Å². The molecule has 280 valence electrons. The van der Waals surface area contributed by atoms with Gasteiger partial charge >= 0.3 is 0 Å². The van der Waals surface area contributed by atoms with Gasteiger partial charge < -0.3 is 26.9 Å². The zero-order valence-electron chi connectivity index (χ0n) is 30.7. The van der Waals surface area contributed by atoms with Crippen LogP contribution in [0.2, 0.25) is 0 Å². The lowest BCUT2D eigenvalue weighted by molar-refractivity contribution is -0.127. The summed E-state index contributed by atoms with van der Waals surface area (Å²) in [5, 5.41) is 14.9. The van der Waals surface area contributed by atoms with Gasteiger partial charge in [0.15, 0.2) is 20.4 Å². The zero-order chi connectivity index (χ0) is 38.1. The van der Waals surface area contributed by atoms with Gasteiger partial charge in [-0.2, -0.15) is 0 Å². The van der Waals surface area contributed by atoms with Crippen LogP contribution in [0, 0.1) is 24.7 Å². The van der Waals surface area contributed by atoms with Crippen LogP contribution in [0.15, 0.2) is 66.1 Å². The number of aromatic nitrogens is 3. The molecule has 0 fully saturated rings. The topological polar surface area (TPSA) is 214 Å². The number of hydrogen-bond donors (Lipinski definition) is 5. The highest BCUT2D eigenvalue weighted by atomic mass is 32.2. The summed E-state index contributed by atoms with van der Waals surface area (Å²) in [5.74, 6) is -3.09. The number of aryl methyl sites for hydroxylation is 1. The highest BCUT2D eigenvalue weighted by Crippen LogP contribution is 2.40. The van der Waals surface area contributed by atoms with Crippen LogP contribution in [0.1, 0.15) is 72.1 Å². The van der Waals surface area contributed by atoms with Crippen molar-refractivity contribution in [1.29, 1.82) is 0 Å². The van der Waals surface area contributed by atoms with Crippen molar-refractivity contribution in [2.75, 3.05) is 11.4 Å². The van der Waals surface area contributed by atoms with Gasteiger partial charge in [0.05, 0.1) is 42.0 Å². The number of carbonyl (C=O) groups excluding carboxylic acids is 3. The third-order valence-electron chi connectivity index (χ3n) is 9.58. The minimum absolute atomic E-state index is 0.0451. The Hall–Kier alpha value is -3.98. The Morgan fingerprint density at radius 2 is 1.71 bits per heavy atom. The molecule has 13 nitrogen and oxygen atoms in total. The summed E-state index contributed by atoms with van der Waals surface area (Å²) >= 11 is 0. The second kappa shape index (κ2) is 18.0. The van der Waals surface area contributed by atoms with E-state index >= 15 is 13.2 Å². The van der Waals surface area contributed by atoms with Gasteiger partial charge in [0.1, 0.15) is 5.82 Å². The highest BCUT2D eigenvalue weighted by Gasteiger charge is 2.57. The molecule has 7 N–H and O–H groups in total. The van der Waals surface area contributed by atoms with Crippen LogP contribution >= 0.6 is 0 Å². The normalized spacial score (nSPS) is 16.2. The zero-order valence-corrected chi connectivity index (χ0v) is 31.6. The molecule has 14 heteroatoms. The number of carbonyl (C=O) groups is 3. The predicted molar refractivity (Wildman–Crippen MR) is 197 cm³/mol. The molecule has 2 heterocycles. The molecule has 2 amide bonds. The van der Waals surface area contributed by atoms with Gasteiger partial charge in [0, 0.05) is 30.9 Å². The van der Waals surface area contributed by atoms with Crippen molar-refractivity contribution in [3.63, 3.8) is 0 Å². The summed E-state index contributed by atoms with van der Waals surface area (Å²) in [6.45, 7) is 12.0. The quantitative estimate of drug-likeness (QED) is 0.122. The Morgan fingerprint density at radius 3 is 2.24 bits per heavy atom. The number of Topliss-reactive ketones (excluding diaryl/α,β-unsaturated/α-hetero) is 1. The Morgan fingerprint density at radius 1 is 1.04 bits per heavy atom. The number of nitrogens with zero attached hydrogens (tertiary/aromatic N) is 3. The molecule has 0 bridgehead atoms. The molecule has 0 aliphatic heterocycles. The van der Waals surface area contributed by atoms with E-state index in [1.54, 1.807) is 44.3 Å². The summed E-state index contributed by atoms with van der Waals surface area (Å²) < 4.78 is 27.7. The Bertz CT molecular complexity index is 1680. The van der Waals surface area contributed by atoms with Crippen LogP contribution in [0.4, 0.5) is 5.82 Å². The van der Waals surface area contributed by atoms with Gasteiger partial charge in [-0.15, -0.1) is 0 Å². The van der Waals surface area contributed by atoms with Crippen LogP contribution in [-0.4, -0.2) is 81.6 Å². The number of aliphatic hydroxyl groups is 1. The summed E-state index contributed by atoms with van der Waals surface area (Å²) in [7, 11) is -4.61. The van der Waals surface area contributed by atoms with Crippen molar-refractivity contribution in [3.05, 3.63) is 72.4 Å². The predicted octanol–water partition coefficient (Wildman–Crippen LogP) is 3.11. The number of amides is 2. The van der Waals surface area contributed by atoms with Crippen molar-refractivity contribution in [2.45, 2.75) is 108 Å². The van der Waals surface area contributed by atoms with Crippen molar-refractivity contribution in [1.82, 2.24) is 20.3 Å². The molecule has 51 heavy (non-hydrogen) atoms. The third kappa shape index (κ3) is 9.88. The number of rotatable bonds is 19. The maximum atomic E-state index is 15.3. The second-order valence-electron chi connectivity index (χ2n) is 14.2. The summed E-state index contributed by atoms with van der Waals surface area (Å²) in [5.41, 5.74) is 14.0. The SMILES string of the molecule is CC[C@H](C)[C@H](N)C(=O)CN(C(=O)[C@](C[C@H](O)[C@H](CC(C)C)NC(=O)[C@@H](N)Cc1cnc[nH]1)(C(C)C)S(=O)(=O)c1ccc(C)cc1)c1ccccn1. The number of aliphatic hydroxyl groups excluding tert-OH is 1. The smallest absolute Gasteiger partial charge is 0.250 e. The summed E-state index contributed by atoms with van der Waals surface area (Å²) in [6, 6.07) is 8.01. The number of pyridine rings is 1. The molecule has 0 radical (unpaired) electrons. The summed E-state index contributed by atoms with van der Waals surface area (Å²) in [4.78, 5) is 54.4. The standard InChI is InChI=1S/C37H55N7O6S/c1-8-26(7)34(39)32(46)21-44(33-11-9-10-16-41-33)36(48)37(24(4)5,51(49,50)28-14-12-25(6)13-15-28)19-31(45)30(17-23(2)3)43-35(47)29(38)18-27-20-40-22-42-27/h9-16,20,22-24,26,29-31,34,45H,8,17-19,21,38-39H2,1-7H3,(H,40,42)(H,43,47)/t26-,29-,30-,31-,34-,37-/m0/s1. The number of H-pyrrole nitrogens is 1. The van der Waals surface area contributed by atoms with E-state index in [-0.39, 0.29) is 35.4 Å².